The summed E-state index contributed by atoms with van der Waals surface area (Å²) in [6.45, 7) is 5.49. The summed E-state index contributed by atoms with van der Waals surface area (Å²) in [5.74, 6) is 0.462. The number of carbonyl (C=O) groups is 4. The second kappa shape index (κ2) is 9.23. The molecular weight excluding hydrogens is 472 g/mol. The maximum Gasteiger partial charge on any atom is 0.258 e. The average Bonchev–Trinajstić information content (AvgIpc) is 3.36. The molecule has 2 heterocycles. The van der Waals surface area contributed by atoms with Gasteiger partial charge in [-0.1, -0.05) is 12.1 Å². The van der Waals surface area contributed by atoms with Crippen LogP contribution < -0.4 is 19.3 Å². The number of nitrogens with zero attached hydrogens (tertiary/aromatic N) is 2. The molecule has 3 aromatic rings. The van der Waals surface area contributed by atoms with E-state index in [-0.39, 0.29) is 23.6 Å². The van der Waals surface area contributed by atoms with Gasteiger partial charge in [0.2, 0.25) is 0 Å². The Morgan fingerprint density at radius 1 is 0.541 bits per heavy atom. The Balaban J connectivity index is 1.39. The van der Waals surface area contributed by atoms with Gasteiger partial charge < -0.3 is 9.47 Å². The molecule has 8 heteroatoms. The Labute approximate surface area is 213 Å². The average molecular weight is 495 g/mol. The van der Waals surface area contributed by atoms with Crippen molar-refractivity contribution in [2.75, 3.05) is 9.80 Å². The number of hydrogen-bond acceptors (Lipinski definition) is 6. The molecule has 2 aliphatic rings. The molecule has 8 nitrogen and oxygen atoms in total. The number of imide groups is 2. The zero-order valence-corrected chi connectivity index (χ0v) is 20.3. The summed E-state index contributed by atoms with van der Waals surface area (Å²) < 4.78 is 12.3. The quantitative estimate of drug-likeness (QED) is 0.445. The van der Waals surface area contributed by atoms with E-state index in [1.807, 2.05) is 19.1 Å². The van der Waals surface area contributed by atoms with Crippen molar-refractivity contribution in [2.45, 2.75) is 20.8 Å². The Morgan fingerprint density at radius 3 is 1.46 bits per heavy atom. The molecule has 0 unspecified atom stereocenters. The van der Waals surface area contributed by atoms with E-state index in [2.05, 4.69) is 0 Å². The minimum atomic E-state index is -0.382. The lowest BCUT2D eigenvalue weighted by Gasteiger charge is -2.19. The summed E-state index contributed by atoms with van der Waals surface area (Å²) in [6.07, 6.45) is 4.98. The smallest absolute Gasteiger partial charge is 0.258 e. The lowest BCUT2D eigenvalue weighted by Crippen LogP contribution is -2.30. The molecule has 0 radical (unpaired) electrons. The molecule has 0 bridgehead atoms. The molecule has 0 spiro atoms. The normalized spacial score (nSPS) is 14.8. The van der Waals surface area contributed by atoms with E-state index in [0.29, 0.717) is 45.5 Å². The number of rotatable bonds is 6. The minimum absolute atomic E-state index is 0.382. The van der Waals surface area contributed by atoms with Crippen molar-refractivity contribution < 1.29 is 28.7 Å². The maximum atomic E-state index is 12.1. The third-order valence-electron chi connectivity index (χ3n) is 6.06. The van der Waals surface area contributed by atoms with Gasteiger partial charge in [-0.05, 0) is 79.9 Å². The van der Waals surface area contributed by atoms with Crippen LogP contribution >= 0.6 is 0 Å². The summed E-state index contributed by atoms with van der Waals surface area (Å²) in [6, 6.07) is 15.7. The molecule has 4 amide bonds. The molecule has 0 aliphatic carbocycles. The van der Waals surface area contributed by atoms with Crippen molar-refractivity contribution in [3.05, 3.63) is 95.6 Å². The molecule has 0 atom stereocenters. The first-order valence-corrected chi connectivity index (χ1v) is 11.5. The van der Waals surface area contributed by atoms with Gasteiger partial charge in [0, 0.05) is 24.3 Å². The van der Waals surface area contributed by atoms with Crippen LogP contribution in [0.3, 0.4) is 0 Å². The number of anilines is 2. The summed E-state index contributed by atoms with van der Waals surface area (Å²) >= 11 is 0. The number of amides is 4. The molecule has 0 aromatic heterocycles. The number of para-hydroxylation sites is 1. The summed E-state index contributed by atoms with van der Waals surface area (Å²) in [5.41, 5.74) is 3.22. The third kappa shape index (κ3) is 4.40. The summed E-state index contributed by atoms with van der Waals surface area (Å²) in [4.78, 5) is 50.5. The van der Waals surface area contributed by atoms with Crippen LogP contribution in [0.5, 0.6) is 23.0 Å². The van der Waals surface area contributed by atoms with E-state index in [4.69, 9.17) is 9.47 Å². The van der Waals surface area contributed by atoms with Crippen LogP contribution in [0.1, 0.15) is 16.7 Å². The second-order valence-electron chi connectivity index (χ2n) is 8.69. The number of ether oxygens (including phenoxy) is 2. The fraction of sp³-hybridized carbons (Fsp3) is 0.103. The molecule has 0 saturated carbocycles. The first kappa shape index (κ1) is 23.7. The highest BCUT2D eigenvalue weighted by atomic mass is 16.5. The Bertz CT molecular complexity index is 1520. The molecule has 5 rings (SSSR count). The highest BCUT2D eigenvalue weighted by Gasteiger charge is 2.27. The van der Waals surface area contributed by atoms with Gasteiger partial charge in [0.15, 0.2) is 11.5 Å². The minimum Gasteiger partial charge on any atom is -0.453 e. The van der Waals surface area contributed by atoms with Crippen LogP contribution in [0, 0.1) is 20.8 Å². The monoisotopic (exact) mass is 494 g/mol. The molecule has 2 aliphatic heterocycles. The van der Waals surface area contributed by atoms with Gasteiger partial charge in [0.25, 0.3) is 23.6 Å². The van der Waals surface area contributed by atoms with Crippen molar-refractivity contribution >= 4 is 35.0 Å². The van der Waals surface area contributed by atoms with Gasteiger partial charge >= 0.3 is 0 Å². The highest BCUT2D eigenvalue weighted by molar-refractivity contribution is 6.29. The van der Waals surface area contributed by atoms with Crippen molar-refractivity contribution in [3.63, 3.8) is 0 Å². The number of aryl methyl sites for hydroxylation is 3. The molecular formula is C29H22N2O6. The van der Waals surface area contributed by atoms with E-state index in [1.165, 1.54) is 24.3 Å². The summed E-state index contributed by atoms with van der Waals surface area (Å²) in [5, 5.41) is 0. The second-order valence-corrected chi connectivity index (χ2v) is 8.69. The molecule has 0 saturated heterocycles. The standard InChI is InChI=1S/C29H22N2O6/c1-17-5-4-6-24(36-20-7-9-22(18(2)15-20)30-25(32)11-12-26(30)33)29(17)37-21-8-10-23(19(3)16-21)31-27(34)13-14-28(31)35/h4-16H,1-3H3. The van der Waals surface area contributed by atoms with Crippen molar-refractivity contribution in [1.82, 2.24) is 0 Å². The molecule has 37 heavy (non-hydrogen) atoms. The summed E-state index contributed by atoms with van der Waals surface area (Å²) in [7, 11) is 0. The van der Waals surface area contributed by atoms with E-state index >= 15 is 0 Å². The predicted octanol–water partition coefficient (Wildman–Crippen LogP) is 5.06. The van der Waals surface area contributed by atoms with Crippen LogP contribution in [0.25, 0.3) is 0 Å². The number of hydrogen-bond donors (Lipinski definition) is 0. The van der Waals surface area contributed by atoms with E-state index in [0.717, 1.165) is 15.4 Å². The molecule has 3 aromatic carbocycles. The predicted molar refractivity (Wildman–Crippen MR) is 137 cm³/mol. The van der Waals surface area contributed by atoms with Crippen molar-refractivity contribution in [2.24, 2.45) is 0 Å². The zero-order chi connectivity index (χ0) is 26.3. The van der Waals surface area contributed by atoms with Crippen LogP contribution in [-0.2, 0) is 19.2 Å². The van der Waals surface area contributed by atoms with Crippen LogP contribution in [0.4, 0.5) is 11.4 Å². The van der Waals surface area contributed by atoms with Gasteiger partial charge in [-0.25, -0.2) is 9.80 Å². The van der Waals surface area contributed by atoms with Crippen molar-refractivity contribution in [1.29, 1.82) is 0 Å². The fourth-order valence-electron chi connectivity index (χ4n) is 4.24. The largest absolute Gasteiger partial charge is 0.453 e. The van der Waals surface area contributed by atoms with E-state index < -0.39 is 0 Å². The van der Waals surface area contributed by atoms with Gasteiger partial charge in [-0.3, -0.25) is 19.2 Å². The first-order valence-electron chi connectivity index (χ1n) is 11.5. The molecule has 0 N–H and O–H groups in total. The van der Waals surface area contributed by atoms with E-state index in [9.17, 15) is 19.2 Å². The lowest BCUT2D eigenvalue weighted by atomic mass is 10.1. The lowest BCUT2D eigenvalue weighted by molar-refractivity contribution is -0.121. The third-order valence-corrected chi connectivity index (χ3v) is 6.06. The topological polar surface area (TPSA) is 93.2 Å². The Morgan fingerprint density at radius 2 is 1.00 bits per heavy atom. The number of carbonyl (C=O) groups excluding carboxylic acids is 4. The van der Waals surface area contributed by atoms with Gasteiger partial charge in [-0.15, -0.1) is 0 Å². The molecule has 184 valence electrons. The zero-order valence-electron chi connectivity index (χ0n) is 20.3. The first-order chi connectivity index (χ1) is 17.7. The van der Waals surface area contributed by atoms with Gasteiger partial charge in [0.1, 0.15) is 11.5 Å². The van der Waals surface area contributed by atoms with Crippen LogP contribution in [0.2, 0.25) is 0 Å². The SMILES string of the molecule is Cc1cc(Oc2cccc(C)c2Oc2ccc(N3C(=O)C=CC3=O)c(C)c2)ccc1N1C(=O)C=CC1=O. The van der Waals surface area contributed by atoms with E-state index in [1.54, 1.807) is 56.3 Å². The highest BCUT2D eigenvalue weighted by Crippen LogP contribution is 2.39. The molecule has 0 fully saturated rings. The van der Waals surface area contributed by atoms with Gasteiger partial charge in [-0.2, -0.15) is 0 Å². The van der Waals surface area contributed by atoms with Gasteiger partial charge in [0.05, 0.1) is 11.4 Å². The maximum absolute atomic E-state index is 12.1. The Hall–Kier alpha value is -4.98. The van der Waals surface area contributed by atoms with Crippen LogP contribution in [-0.4, -0.2) is 23.6 Å². The Kier molecular flexibility index (Phi) is 5.93. The van der Waals surface area contributed by atoms with Crippen molar-refractivity contribution in [3.8, 4) is 23.0 Å². The van der Waals surface area contributed by atoms with Crippen LogP contribution in [0.15, 0.2) is 78.9 Å². The number of benzene rings is 3. The fourth-order valence-corrected chi connectivity index (χ4v) is 4.24.